The second-order valence-corrected chi connectivity index (χ2v) is 7.92. The summed E-state index contributed by atoms with van der Waals surface area (Å²) in [6, 6.07) is 14.2. The quantitative estimate of drug-likeness (QED) is 0.485. The molecule has 1 aliphatic rings. The monoisotopic (exact) mass is 435 g/mol. The van der Waals surface area contributed by atoms with Crippen LogP contribution in [0.1, 0.15) is 17.5 Å². The maximum atomic E-state index is 6.22. The molecule has 0 bridgehead atoms. The van der Waals surface area contributed by atoms with E-state index in [9.17, 15) is 0 Å². The Kier molecular flexibility index (Phi) is 8.20. The summed E-state index contributed by atoms with van der Waals surface area (Å²) in [5.41, 5.74) is 9.11. The van der Waals surface area contributed by atoms with E-state index in [1.54, 1.807) is 17.4 Å². The minimum absolute atomic E-state index is 0.583. The van der Waals surface area contributed by atoms with Gasteiger partial charge in [-0.15, -0.1) is 17.9 Å². The molecule has 2 aromatic carbocycles. The zero-order valence-electron chi connectivity index (χ0n) is 18.0. The Labute approximate surface area is 187 Å². The number of aliphatic imine (C=N–C) groups is 1. The number of rotatable bonds is 5. The number of nitrogens with two attached hydrogens (primary N) is 1. The zero-order valence-corrected chi connectivity index (χ0v) is 18.8. The summed E-state index contributed by atoms with van der Waals surface area (Å²) < 4.78 is 6.22. The smallest absolute Gasteiger partial charge is 0.197 e. The standard InChI is InChI=1S/C21H22N4OS.C3H7N/c1-14-8-9-18(15(2)12-14)26-19-7-4-3-6-16(19)17-13-27-21(24-17)25-20-22-10-5-11-23-20;1-2-3-4/h3-4,6-9,12-13H,5,10-11H2,1-2H3,(H2,22,23,24,25);2H,1,3-4H2. The molecule has 6 nitrogen and oxygen atoms in total. The summed E-state index contributed by atoms with van der Waals surface area (Å²) in [5.74, 6) is 2.46. The van der Waals surface area contributed by atoms with Gasteiger partial charge in [0.2, 0.25) is 0 Å². The molecule has 1 aromatic heterocycles. The Bertz CT molecular complexity index is 1040. The second kappa shape index (κ2) is 11.3. The average Bonchev–Trinajstić information content (AvgIpc) is 3.25. The fourth-order valence-electron chi connectivity index (χ4n) is 2.97. The lowest BCUT2D eigenvalue weighted by Crippen LogP contribution is -2.35. The molecule has 0 atom stereocenters. The molecular formula is C24H29N5OS. The lowest BCUT2D eigenvalue weighted by atomic mass is 10.1. The van der Waals surface area contributed by atoms with Crippen LogP contribution in [0.4, 0.5) is 5.13 Å². The number of para-hydroxylation sites is 1. The van der Waals surface area contributed by atoms with Crippen molar-refractivity contribution in [3.63, 3.8) is 0 Å². The topological polar surface area (TPSA) is 84.6 Å². The Balaban J connectivity index is 0.000000628. The number of thiazole rings is 1. The number of aryl methyl sites for hydroxylation is 2. The molecular weight excluding hydrogens is 406 g/mol. The van der Waals surface area contributed by atoms with Gasteiger partial charge in [0.25, 0.3) is 0 Å². The minimum Gasteiger partial charge on any atom is -0.456 e. The van der Waals surface area contributed by atoms with Crippen LogP contribution in [0.15, 0.2) is 65.5 Å². The Hall–Kier alpha value is -3.16. The lowest BCUT2D eigenvalue weighted by Gasteiger charge is -2.14. The molecule has 162 valence electrons. The lowest BCUT2D eigenvalue weighted by molar-refractivity contribution is 0.480. The van der Waals surface area contributed by atoms with Crippen LogP contribution < -0.4 is 21.1 Å². The predicted molar refractivity (Wildman–Crippen MR) is 131 cm³/mol. The molecule has 4 rings (SSSR count). The molecule has 0 saturated carbocycles. The highest BCUT2D eigenvalue weighted by molar-refractivity contribution is 7.14. The molecule has 0 aliphatic carbocycles. The molecule has 3 aromatic rings. The van der Waals surface area contributed by atoms with Crippen LogP contribution in [0.3, 0.4) is 0 Å². The van der Waals surface area contributed by atoms with Gasteiger partial charge in [-0.25, -0.2) is 4.98 Å². The van der Waals surface area contributed by atoms with Crippen molar-refractivity contribution in [2.24, 2.45) is 10.7 Å². The summed E-state index contributed by atoms with van der Waals surface area (Å²) in [7, 11) is 0. The molecule has 0 fully saturated rings. The van der Waals surface area contributed by atoms with Crippen LogP contribution in [0.25, 0.3) is 11.3 Å². The summed E-state index contributed by atoms with van der Waals surface area (Å²) in [6.45, 7) is 9.87. The van der Waals surface area contributed by atoms with E-state index >= 15 is 0 Å². The van der Waals surface area contributed by atoms with Crippen LogP contribution in [0, 0.1) is 13.8 Å². The van der Waals surface area contributed by atoms with Crippen molar-refractivity contribution in [3.8, 4) is 22.8 Å². The summed E-state index contributed by atoms with van der Waals surface area (Å²) in [4.78, 5) is 9.15. The number of aromatic nitrogens is 1. The van der Waals surface area contributed by atoms with Crippen molar-refractivity contribution in [1.82, 2.24) is 10.3 Å². The zero-order chi connectivity index (χ0) is 22.1. The molecule has 4 N–H and O–H groups in total. The van der Waals surface area contributed by atoms with Gasteiger partial charge in [-0.05, 0) is 44.0 Å². The average molecular weight is 436 g/mol. The highest BCUT2D eigenvalue weighted by Crippen LogP contribution is 2.35. The minimum atomic E-state index is 0.583. The first kappa shape index (κ1) is 22.5. The van der Waals surface area contributed by atoms with Crippen molar-refractivity contribution >= 4 is 22.4 Å². The third-order valence-electron chi connectivity index (χ3n) is 4.51. The first-order valence-corrected chi connectivity index (χ1v) is 11.1. The number of anilines is 1. The van der Waals surface area contributed by atoms with Gasteiger partial charge in [0.15, 0.2) is 11.1 Å². The molecule has 31 heavy (non-hydrogen) atoms. The van der Waals surface area contributed by atoms with Gasteiger partial charge in [-0.3, -0.25) is 4.99 Å². The van der Waals surface area contributed by atoms with Crippen LogP contribution in [0.2, 0.25) is 0 Å². The maximum absolute atomic E-state index is 6.22. The van der Waals surface area contributed by atoms with Crippen LogP contribution in [-0.2, 0) is 0 Å². The Morgan fingerprint density at radius 2 is 2.03 bits per heavy atom. The third-order valence-corrected chi connectivity index (χ3v) is 5.26. The SMILES string of the molecule is C=CCN.Cc1ccc(Oc2ccccc2-c2csc(NC3=NCCCN3)n2)c(C)c1. The van der Waals surface area contributed by atoms with Gasteiger partial charge in [0.05, 0.1) is 5.69 Å². The molecule has 0 amide bonds. The van der Waals surface area contributed by atoms with Crippen molar-refractivity contribution in [2.75, 3.05) is 25.0 Å². The summed E-state index contributed by atoms with van der Waals surface area (Å²) in [6.07, 6.45) is 2.72. The first-order chi connectivity index (χ1) is 15.1. The fourth-order valence-corrected chi connectivity index (χ4v) is 3.68. The Morgan fingerprint density at radius 3 is 2.74 bits per heavy atom. The van der Waals surface area contributed by atoms with Crippen molar-refractivity contribution in [2.45, 2.75) is 20.3 Å². The molecule has 1 aliphatic heterocycles. The largest absolute Gasteiger partial charge is 0.456 e. The summed E-state index contributed by atoms with van der Waals surface area (Å²) >= 11 is 1.56. The van der Waals surface area contributed by atoms with E-state index < -0.39 is 0 Å². The second-order valence-electron chi connectivity index (χ2n) is 7.07. The highest BCUT2D eigenvalue weighted by atomic mass is 32.1. The van der Waals surface area contributed by atoms with Gasteiger partial charge in [-0.2, -0.15) is 0 Å². The number of guanidine groups is 1. The number of nitrogens with zero attached hydrogens (tertiary/aromatic N) is 2. The fraction of sp³-hybridized carbons (Fsp3) is 0.250. The number of ether oxygens (including phenoxy) is 1. The van der Waals surface area contributed by atoms with Crippen molar-refractivity contribution < 1.29 is 4.74 Å². The van der Waals surface area contributed by atoms with E-state index in [1.165, 1.54) is 5.56 Å². The predicted octanol–water partition coefficient (Wildman–Crippen LogP) is 5.11. The van der Waals surface area contributed by atoms with Crippen molar-refractivity contribution in [3.05, 3.63) is 71.6 Å². The van der Waals surface area contributed by atoms with Gasteiger partial charge < -0.3 is 21.1 Å². The van der Waals surface area contributed by atoms with E-state index in [4.69, 9.17) is 15.5 Å². The maximum Gasteiger partial charge on any atom is 0.197 e. The van der Waals surface area contributed by atoms with E-state index in [-0.39, 0.29) is 0 Å². The number of benzene rings is 2. The van der Waals surface area contributed by atoms with E-state index in [1.807, 2.05) is 35.7 Å². The van der Waals surface area contributed by atoms with Gasteiger partial charge in [-0.1, -0.05) is 35.9 Å². The Morgan fingerprint density at radius 1 is 1.23 bits per heavy atom. The van der Waals surface area contributed by atoms with E-state index in [2.05, 4.69) is 48.2 Å². The highest BCUT2D eigenvalue weighted by Gasteiger charge is 2.13. The van der Waals surface area contributed by atoms with E-state index in [0.29, 0.717) is 6.54 Å². The molecule has 0 unspecified atom stereocenters. The molecule has 7 heteroatoms. The molecule has 0 spiro atoms. The third kappa shape index (κ3) is 6.41. The molecule has 0 radical (unpaired) electrons. The van der Waals surface area contributed by atoms with E-state index in [0.717, 1.165) is 58.9 Å². The van der Waals surface area contributed by atoms with Gasteiger partial charge in [0.1, 0.15) is 11.5 Å². The van der Waals surface area contributed by atoms with Crippen LogP contribution >= 0.6 is 11.3 Å². The van der Waals surface area contributed by atoms with Crippen molar-refractivity contribution in [1.29, 1.82) is 0 Å². The molecule has 0 saturated heterocycles. The number of hydrogen-bond donors (Lipinski definition) is 3. The van der Waals surface area contributed by atoms with Gasteiger partial charge >= 0.3 is 0 Å². The summed E-state index contributed by atoms with van der Waals surface area (Å²) in [5, 5.41) is 9.37. The number of nitrogens with one attached hydrogen (secondary N) is 2. The normalized spacial score (nSPS) is 12.7. The molecule has 2 heterocycles. The first-order valence-electron chi connectivity index (χ1n) is 10.3. The van der Waals surface area contributed by atoms with Crippen LogP contribution in [-0.4, -0.2) is 30.6 Å². The van der Waals surface area contributed by atoms with Gasteiger partial charge in [0, 0.05) is 30.6 Å². The van der Waals surface area contributed by atoms with Crippen LogP contribution in [0.5, 0.6) is 11.5 Å². The number of hydrogen-bond acceptors (Lipinski definition) is 7.